The number of carbonyl (C=O) groups is 3. The van der Waals surface area contributed by atoms with Crippen LogP contribution in [0.3, 0.4) is 0 Å². The van der Waals surface area contributed by atoms with Gasteiger partial charge in [0.15, 0.2) is 0 Å². The quantitative estimate of drug-likeness (QED) is 0.705. The minimum Gasteiger partial charge on any atom is -0.480 e. The smallest absolute Gasteiger partial charge is 0.410 e. The maximum Gasteiger partial charge on any atom is 0.410 e. The lowest BCUT2D eigenvalue weighted by Crippen LogP contribution is -2.46. The number of carbonyl (C=O) groups excluding carboxylic acids is 2. The van der Waals surface area contributed by atoms with Gasteiger partial charge in [-0.1, -0.05) is 48.5 Å². The zero-order valence-electron chi connectivity index (χ0n) is 19.7. The Morgan fingerprint density at radius 3 is 2.18 bits per heavy atom. The van der Waals surface area contributed by atoms with Gasteiger partial charge in [0, 0.05) is 19.0 Å². The van der Waals surface area contributed by atoms with Crippen molar-refractivity contribution in [3.63, 3.8) is 0 Å². The summed E-state index contributed by atoms with van der Waals surface area (Å²) in [6.45, 7) is 5.54. The minimum atomic E-state index is -1.13. The molecule has 0 unspecified atom stereocenters. The average Bonchev–Trinajstić information content (AvgIpc) is 3.38. The normalized spacial score (nSPS) is 17.1. The van der Waals surface area contributed by atoms with Crippen molar-refractivity contribution in [2.45, 2.75) is 44.8 Å². The molecule has 0 spiro atoms. The van der Waals surface area contributed by atoms with E-state index in [1.54, 1.807) is 20.8 Å². The number of aliphatic carboxylic acids is 1. The van der Waals surface area contributed by atoms with Gasteiger partial charge in [-0.3, -0.25) is 9.69 Å². The van der Waals surface area contributed by atoms with Crippen molar-refractivity contribution in [3.8, 4) is 11.1 Å². The summed E-state index contributed by atoms with van der Waals surface area (Å²) in [7, 11) is 0. The van der Waals surface area contributed by atoms with E-state index in [2.05, 4.69) is 12.1 Å². The van der Waals surface area contributed by atoms with Gasteiger partial charge in [0.25, 0.3) is 0 Å². The molecule has 1 atom stereocenters. The Balaban J connectivity index is 1.45. The van der Waals surface area contributed by atoms with E-state index >= 15 is 0 Å². The zero-order valence-corrected chi connectivity index (χ0v) is 19.7. The summed E-state index contributed by atoms with van der Waals surface area (Å²) in [6, 6.07) is 15.6. The third kappa shape index (κ3) is 5.00. The Hall–Kier alpha value is -3.55. The largest absolute Gasteiger partial charge is 0.480 e. The number of hydrogen-bond acceptors (Lipinski definition) is 5. The molecule has 1 aliphatic heterocycles. The Morgan fingerprint density at radius 2 is 1.62 bits per heavy atom. The first-order valence-corrected chi connectivity index (χ1v) is 11.5. The molecule has 1 fully saturated rings. The van der Waals surface area contributed by atoms with E-state index in [1.165, 1.54) is 9.80 Å². The maximum atomic E-state index is 13.1. The average molecular weight is 467 g/mol. The number of ether oxygens (including phenoxy) is 2. The van der Waals surface area contributed by atoms with E-state index in [1.807, 2.05) is 36.4 Å². The van der Waals surface area contributed by atoms with Crippen molar-refractivity contribution in [1.82, 2.24) is 9.80 Å². The fourth-order valence-corrected chi connectivity index (χ4v) is 4.65. The van der Waals surface area contributed by atoms with Crippen molar-refractivity contribution < 1.29 is 29.0 Å². The lowest BCUT2D eigenvalue weighted by molar-refractivity contribution is -0.138. The molecule has 0 radical (unpaired) electrons. The van der Waals surface area contributed by atoms with Crippen molar-refractivity contribution in [3.05, 3.63) is 59.7 Å². The highest BCUT2D eigenvalue weighted by atomic mass is 16.6. The van der Waals surface area contributed by atoms with Crippen LogP contribution in [0, 0.1) is 0 Å². The standard InChI is InChI=1S/C26H30N2O6/c1-26(2,3)34-24(31)27-13-12-17(14-27)28(15-23(29)30)25(32)33-16-22-20-10-6-4-8-18(20)19-9-5-7-11-21(19)22/h4-11,17,22H,12-16H2,1-3H3,(H,29,30)/t17-/m0/s1. The van der Waals surface area contributed by atoms with Crippen LogP contribution in [0.4, 0.5) is 9.59 Å². The summed E-state index contributed by atoms with van der Waals surface area (Å²) < 4.78 is 11.1. The van der Waals surface area contributed by atoms with Crippen LogP contribution in [0.2, 0.25) is 0 Å². The Kier molecular flexibility index (Phi) is 6.50. The summed E-state index contributed by atoms with van der Waals surface area (Å²) in [5.74, 6) is -1.26. The van der Waals surface area contributed by atoms with Crippen LogP contribution < -0.4 is 0 Å². The third-order valence-corrected chi connectivity index (χ3v) is 6.13. The molecule has 180 valence electrons. The van der Waals surface area contributed by atoms with Crippen molar-refractivity contribution >= 4 is 18.2 Å². The summed E-state index contributed by atoms with van der Waals surface area (Å²) in [6.07, 6.45) is -0.713. The highest BCUT2D eigenvalue weighted by molar-refractivity contribution is 5.80. The summed E-state index contributed by atoms with van der Waals surface area (Å²) in [5, 5.41) is 9.41. The van der Waals surface area contributed by atoms with Gasteiger partial charge in [-0.2, -0.15) is 0 Å². The van der Waals surface area contributed by atoms with Crippen LogP contribution in [-0.2, 0) is 14.3 Å². The van der Waals surface area contributed by atoms with Crippen LogP contribution in [-0.4, -0.2) is 70.9 Å². The van der Waals surface area contributed by atoms with Crippen LogP contribution in [0.1, 0.15) is 44.2 Å². The second-order valence-corrected chi connectivity index (χ2v) is 9.69. The molecule has 1 saturated heterocycles. The molecule has 0 saturated carbocycles. The molecular weight excluding hydrogens is 436 g/mol. The second-order valence-electron chi connectivity index (χ2n) is 9.69. The number of carboxylic acid groups (broad SMARTS) is 1. The Labute approximate surface area is 199 Å². The number of benzene rings is 2. The SMILES string of the molecule is CC(C)(C)OC(=O)N1CC[C@H](N(CC(=O)O)C(=O)OCC2c3ccccc3-c3ccccc32)C1. The van der Waals surface area contributed by atoms with Crippen LogP contribution in [0.5, 0.6) is 0 Å². The van der Waals surface area contributed by atoms with Crippen LogP contribution in [0.15, 0.2) is 48.5 Å². The summed E-state index contributed by atoms with van der Waals surface area (Å²) >= 11 is 0. The van der Waals surface area contributed by atoms with Crippen molar-refractivity contribution in [1.29, 1.82) is 0 Å². The number of carboxylic acids is 1. The molecule has 1 N–H and O–H groups in total. The van der Waals surface area contributed by atoms with E-state index in [-0.39, 0.29) is 19.1 Å². The van der Waals surface area contributed by atoms with Gasteiger partial charge in [-0.25, -0.2) is 9.59 Å². The van der Waals surface area contributed by atoms with Gasteiger partial charge in [-0.05, 0) is 49.4 Å². The Bertz CT molecular complexity index is 1050. The molecule has 2 aromatic rings. The minimum absolute atomic E-state index is 0.103. The summed E-state index contributed by atoms with van der Waals surface area (Å²) in [5.41, 5.74) is 3.76. The zero-order chi connectivity index (χ0) is 24.5. The first-order valence-electron chi connectivity index (χ1n) is 11.5. The number of likely N-dealkylation sites (tertiary alicyclic amines) is 1. The third-order valence-electron chi connectivity index (χ3n) is 6.13. The fraction of sp³-hybridized carbons (Fsp3) is 0.423. The molecule has 0 aromatic heterocycles. The number of nitrogens with zero attached hydrogens (tertiary/aromatic N) is 2. The molecule has 8 nitrogen and oxygen atoms in total. The Morgan fingerprint density at radius 1 is 1.03 bits per heavy atom. The molecule has 8 heteroatoms. The fourth-order valence-electron chi connectivity index (χ4n) is 4.65. The molecule has 4 rings (SSSR count). The lowest BCUT2D eigenvalue weighted by atomic mass is 9.98. The lowest BCUT2D eigenvalue weighted by Gasteiger charge is -2.28. The highest BCUT2D eigenvalue weighted by Crippen LogP contribution is 2.44. The molecule has 2 amide bonds. The predicted molar refractivity (Wildman–Crippen MR) is 126 cm³/mol. The highest BCUT2D eigenvalue weighted by Gasteiger charge is 2.37. The van der Waals surface area contributed by atoms with E-state index in [0.29, 0.717) is 13.0 Å². The van der Waals surface area contributed by atoms with Gasteiger partial charge in [0.2, 0.25) is 0 Å². The van der Waals surface area contributed by atoms with E-state index in [0.717, 1.165) is 22.3 Å². The van der Waals surface area contributed by atoms with E-state index < -0.39 is 36.3 Å². The molecule has 2 aliphatic rings. The first-order chi connectivity index (χ1) is 16.1. The van der Waals surface area contributed by atoms with Gasteiger partial charge < -0.3 is 19.5 Å². The molecule has 0 bridgehead atoms. The molecule has 1 aliphatic carbocycles. The molecule has 2 aromatic carbocycles. The van der Waals surface area contributed by atoms with E-state index in [9.17, 15) is 19.5 Å². The van der Waals surface area contributed by atoms with Crippen molar-refractivity contribution in [2.75, 3.05) is 26.2 Å². The number of hydrogen-bond donors (Lipinski definition) is 1. The molecule has 34 heavy (non-hydrogen) atoms. The topological polar surface area (TPSA) is 96.4 Å². The van der Waals surface area contributed by atoms with Gasteiger partial charge in [0.05, 0.1) is 6.04 Å². The van der Waals surface area contributed by atoms with Crippen LogP contribution in [0.25, 0.3) is 11.1 Å². The molecular formula is C26H30N2O6. The van der Waals surface area contributed by atoms with Crippen LogP contribution >= 0.6 is 0 Å². The van der Waals surface area contributed by atoms with Gasteiger partial charge >= 0.3 is 18.2 Å². The van der Waals surface area contributed by atoms with Crippen molar-refractivity contribution in [2.24, 2.45) is 0 Å². The summed E-state index contributed by atoms with van der Waals surface area (Å²) in [4.78, 5) is 39.7. The first kappa shape index (κ1) is 23.6. The van der Waals surface area contributed by atoms with E-state index in [4.69, 9.17) is 9.47 Å². The van der Waals surface area contributed by atoms with Gasteiger partial charge in [0.1, 0.15) is 18.8 Å². The van der Waals surface area contributed by atoms with Gasteiger partial charge in [-0.15, -0.1) is 0 Å². The number of amides is 2. The number of rotatable bonds is 5. The molecule has 1 heterocycles. The number of fused-ring (bicyclic) bond motifs is 3. The monoisotopic (exact) mass is 466 g/mol. The predicted octanol–water partition coefficient (Wildman–Crippen LogP) is 4.33. The maximum absolute atomic E-state index is 13.1. The second kappa shape index (κ2) is 9.37.